The molecule has 1 fully saturated rings. The lowest BCUT2D eigenvalue weighted by Crippen LogP contribution is -2.56. The van der Waals surface area contributed by atoms with Crippen LogP contribution >= 0.6 is 0 Å². The van der Waals surface area contributed by atoms with E-state index >= 15 is 0 Å². The maximum Gasteiger partial charge on any atom is 0.251 e. The van der Waals surface area contributed by atoms with Crippen LogP contribution in [0.3, 0.4) is 0 Å². The molecule has 2 rings (SSSR count). The molecule has 5 nitrogen and oxygen atoms in total. The van der Waals surface area contributed by atoms with Crippen LogP contribution < -0.4 is 16.4 Å². The predicted molar refractivity (Wildman–Crippen MR) is 74.0 cm³/mol. The Labute approximate surface area is 112 Å². The SMILES string of the molecule is CNC(=O)c1ccc(NC(=O)C2(N)CCC2)c(C)c1. The van der Waals surface area contributed by atoms with Crippen molar-refractivity contribution in [3.63, 3.8) is 0 Å². The molecule has 0 saturated heterocycles. The van der Waals surface area contributed by atoms with Gasteiger partial charge in [0.05, 0.1) is 5.54 Å². The first-order valence-electron chi connectivity index (χ1n) is 6.39. The molecule has 0 unspecified atom stereocenters. The van der Waals surface area contributed by atoms with Gasteiger partial charge in [0.2, 0.25) is 5.91 Å². The monoisotopic (exact) mass is 261 g/mol. The minimum absolute atomic E-state index is 0.143. The molecule has 1 saturated carbocycles. The first-order chi connectivity index (χ1) is 8.96. The van der Waals surface area contributed by atoms with Crippen LogP contribution in [0.5, 0.6) is 0 Å². The molecule has 1 aliphatic carbocycles. The maximum absolute atomic E-state index is 12.0. The zero-order valence-electron chi connectivity index (χ0n) is 11.2. The third kappa shape index (κ3) is 2.61. The quantitative estimate of drug-likeness (QED) is 0.763. The average molecular weight is 261 g/mol. The molecule has 0 aliphatic heterocycles. The molecule has 5 heteroatoms. The van der Waals surface area contributed by atoms with Gasteiger partial charge in [-0.25, -0.2) is 0 Å². The van der Waals surface area contributed by atoms with E-state index in [1.165, 1.54) is 0 Å². The minimum atomic E-state index is -0.716. The summed E-state index contributed by atoms with van der Waals surface area (Å²) in [6.45, 7) is 1.85. The molecule has 0 atom stereocenters. The van der Waals surface area contributed by atoms with Crippen molar-refractivity contribution in [2.45, 2.75) is 31.7 Å². The number of hydrogen-bond donors (Lipinski definition) is 3. The van der Waals surface area contributed by atoms with Crippen LogP contribution in [0.1, 0.15) is 35.2 Å². The number of hydrogen-bond acceptors (Lipinski definition) is 3. The highest BCUT2D eigenvalue weighted by molar-refractivity contribution is 6.00. The van der Waals surface area contributed by atoms with Crippen molar-refractivity contribution in [2.24, 2.45) is 5.73 Å². The number of aryl methyl sites for hydroxylation is 1. The molecule has 0 bridgehead atoms. The Hall–Kier alpha value is -1.88. The smallest absolute Gasteiger partial charge is 0.251 e. The van der Waals surface area contributed by atoms with Gasteiger partial charge in [0.15, 0.2) is 0 Å². The number of benzene rings is 1. The summed E-state index contributed by atoms with van der Waals surface area (Å²) in [7, 11) is 1.59. The number of carbonyl (C=O) groups is 2. The van der Waals surface area contributed by atoms with E-state index in [0.29, 0.717) is 11.3 Å². The van der Waals surface area contributed by atoms with Crippen LogP contribution in [0.15, 0.2) is 18.2 Å². The van der Waals surface area contributed by atoms with Crippen LogP contribution in [-0.2, 0) is 4.79 Å². The topological polar surface area (TPSA) is 84.2 Å². The van der Waals surface area contributed by atoms with Gasteiger partial charge in [0.25, 0.3) is 5.91 Å². The molecule has 4 N–H and O–H groups in total. The fraction of sp³-hybridized carbons (Fsp3) is 0.429. The highest BCUT2D eigenvalue weighted by atomic mass is 16.2. The minimum Gasteiger partial charge on any atom is -0.355 e. The van der Waals surface area contributed by atoms with Gasteiger partial charge >= 0.3 is 0 Å². The van der Waals surface area contributed by atoms with Gasteiger partial charge in [-0.05, 0) is 49.9 Å². The van der Waals surface area contributed by atoms with Gasteiger partial charge < -0.3 is 16.4 Å². The Morgan fingerprint density at radius 2 is 2.00 bits per heavy atom. The summed E-state index contributed by atoms with van der Waals surface area (Å²) in [6.07, 6.45) is 2.46. The number of carbonyl (C=O) groups excluding carboxylic acids is 2. The number of amides is 2. The summed E-state index contributed by atoms with van der Waals surface area (Å²) in [4.78, 5) is 23.5. The lowest BCUT2D eigenvalue weighted by atomic mass is 9.77. The zero-order chi connectivity index (χ0) is 14.0. The zero-order valence-corrected chi connectivity index (χ0v) is 11.2. The summed E-state index contributed by atoms with van der Waals surface area (Å²) in [5, 5.41) is 5.41. The van der Waals surface area contributed by atoms with Crippen molar-refractivity contribution in [1.29, 1.82) is 0 Å². The summed E-state index contributed by atoms with van der Waals surface area (Å²) in [6, 6.07) is 5.17. The Kier molecular flexibility index (Phi) is 3.57. The summed E-state index contributed by atoms with van der Waals surface area (Å²) < 4.78 is 0. The highest BCUT2D eigenvalue weighted by Gasteiger charge is 2.40. The maximum atomic E-state index is 12.0. The molecule has 1 aromatic rings. The van der Waals surface area contributed by atoms with Crippen LogP contribution in [0.2, 0.25) is 0 Å². The molecule has 0 spiro atoms. The van der Waals surface area contributed by atoms with E-state index < -0.39 is 5.54 Å². The van der Waals surface area contributed by atoms with E-state index in [2.05, 4.69) is 10.6 Å². The van der Waals surface area contributed by atoms with Crippen LogP contribution in [0, 0.1) is 6.92 Å². The normalized spacial score (nSPS) is 16.4. The van der Waals surface area contributed by atoms with E-state index in [0.717, 1.165) is 24.8 Å². The molecule has 2 amide bonds. The van der Waals surface area contributed by atoms with Crippen molar-refractivity contribution in [1.82, 2.24) is 5.32 Å². The molecule has 0 radical (unpaired) electrons. The standard InChI is InChI=1S/C14H19N3O2/c1-9-8-10(12(18)16-2)4-5-11(9)17-13(19)14(15)6-3-7-14/h4-5,8H,3,6-7,15H2,1-2H3,(H,16,18)(H,17,19). The first-order valence-corrected chi connectivity index (χ1v) is 6.39. The fourth-order valence-corrected chi connectivity index (χ4v) is 2.12. The van der Waals surface area contributed by atoms with Crippen molar-refractivity contribution >= 4 is 17.5 Å². The Balaban J connectivity index is 2.13. The highest BCUT2D eigenvalue weighted by Crippen LogP contribution is 2.30. The molecule has 102 valence electrons. The summed E-state index contributed by atoms with van der Waals surface area (Å²) in [5.74, 6) is -0.287. The number of nitrogens with one attached hydrogen (secondary N) is 2. The van der Waals surface area contributed by atoms with E-state index in [1.807, 2.05) is 6.92 Å². The largest absolute Gasteiger partial charge is 0.355 e. The van der Waals surface area contributed by atoms with Crippen LogP contribution in [-0.4, -0.2) is 24.4 Å². The lowest BCUT2D eigenvalue weighted by Gasteiger charge is -2.36. The van der Waals surface area contributed by atoms with Crippen molar-refractivity contribution in [3.05, 3.63) is 29.3 Å². The molecule has 0 aromatic heterocycles. The van der Waals surface area contributed by atoms with Crippen LogP contribution in [0.4, 0.5) is 5.69 Å². The second-order valence-corrected chi connectivity index (χ2v) is 5.07. The lowest BCUT2D eigenvalue weighted by molar-refractivity contribution is -0.123. The molecule has 19 heavy (non-hydrogen) atoms. The van der Waals surface area contributed by atoms with Gasteiger partial charge in [0.1, 0.15) is 0 Å². The van der Waals surface area contributed by atoms with Gasteiger partial charge in [0, 0.05) is 18.3 Å². The Bertz CT molecular complexity index is 521. The van der Waals surface area contributed by atoms with Crippen LogP contribution in [0.25, 0.3) is 0 Å². The van der Waals surface area contributed by atoms with Crippen molar-refractivity contribution < 1.29 is 9.59 Å². The molecule has 0 heterocycles. The molecular weight excluding hydrogens is 242 g/mol. The van der Waals surface area contributed by atoms with Crippen molar-refractivity contribution in [2.75, 3.05) is 12.4 Å². The summed E-state index contributed by atoms with van der Waals surface area (Å²) in [5.41, 5.74) is 7.37. The Morgan fingerprint density at radius 1 is 1.32 bits per heavy atom. The molecule has 1 aromatic carbocycles. The van der Waals surface area contributed by atoms with Crippen molar-refractivity contribution in [3.8, 4) is 0 Å². The molecule has 1 aliphatic rings. The predicted octanol–water partition coefficient (Wildman–Crippen LogP) is 1.17. The third-order valence-electron chi connectivity index (χ3n) is 3.66. The average Bonchev–Trinajstić information content (AvgIpc) is 2.37. The number of rotatable bonds is 3. The van der Waals surface area contributed by atoms with E-state index in [4.69, 9.17) is 5.73 Å². The Morgan fingerprint density at radius 3 is 2.47 bits per heavy atom. The second kappa shape index (κ2) is 5.01. The third-order valence-corrected chi connectivity index (χ3v) is 3.66. The summed E-state index contributed by atoms with van der Waals surface area (Å²) >= 11 is 0. The van der Waals surface area contributed by atoms with Gasteiger partial charge in [-0.1, -0.05) is 0 Å². The second-order valence-electron chi connectivity index (χ2n) is 5.07. The van der Waals surface area contributed by atoms with Gasteiger partial charge in [-0.15, -0.1) is 0 Å². The van der Waals surface area contributed by atoms with E-state index in [-0.39, 0.29) is 11.8 Å². The van der Waals surface area contributed by atoms with Gasteiger partial charge in [-0.3, -0.25) is 9.59 Å². The number of nitrogens with two attached hydrogens (primary N) is 1. The van der Waals surface area contributed by atoms with Gasteiger partial charge in [-0.2, -0.15) is 0 Å². The van der Waals surface area contributed by atoms with E-state index in [9.17, 15) is 9.59 Å². The fourth-order valence-electron chi connectivity index (χ4n) is 2.12. The number of anilines is 1. The first kappa shape index (κ1) is 13.5. The van der Waals surface area contributed by atoms with E-state index in [1.54, 1.807) is 25.2 Å². The molecular formula is C14H19N3O2.